The Balaban J connectivity index is 1.95. The van der Waals surface area contributed by atoms with Gasteiger partial charge in [-0.15, -0.1) is 0 Å². The highest BCUT2D eigenvalue weighted by Gasteiger charge is 2.31. The Labute approximate surface area is 134 Å². The lowest BCUT2D eigenvalue weighted by atomic mass is 9.94. The van der Waals surface area contributed by atoms with Crippen LogP contribution in [0.2, 0.25) is 0 Å². The van der Waals surface area contributed by atoms with E-state index >= 15 is 0 Å². The molecule has 23 heavy (non-hydrogen) atoms. The summed E-state index contributed by atoms with van der Waals surface area (Å²) in [6.07, 6.45) is -2.23. The van der Waals surface area contributed by atoms with Crippen LogP contribution in [0.15, 0.2) is 24.3 Å². The van der Waals surface area contributed by atoms with Crippen LogP contribution in [-0.4, -0.2) is 24.5 Å². The van der Waals surface area contributed by atoms with Gasteiger partial charge >= 0.3 is 6.18 Å². The number of rotatable bonds is 4. The number of alkyl halides is 3. The normalized spacial score (nSPS) is 23.3. The van der Waals surface area contributed by atoms with Gasteiger partial charge in [0.1, 0.15) is 0 Å². The topological polar surface area (TPSA) is 41.1 Å². The van der Waals surface area contributed by atoms with Crippen LogP contribution >= 0.6 is 0 Å². The van der Waals surface area contributed by atoms with Crippen LogP contribution in [0.25, 0.3) is 0 Å². The van der Waals surface area contributed by atoms with Crippen LogP contribution in [0.5, 0.6) is 0 Å². The van der Waals surface area contributed by atoms with Crippen LogP contribution < -0.4 is 10.6 Å². The molecule has 1 amide bonds. The molecule has 3 unspecified atom stereocenters. The number of carbonyl (C=O) groups excluding carboxylic acids is 1. The first-order valence-corrected chi connectivity index (χ1v) is 7.97. The average Bonchev–Trinajstić information content (AvgIpc) is 2.49. The third-order valence-electron chi connectivity index (χ3n) is 4.38. The second kappa shape index (κ2) is 7.34. The highest BCUT2D eigenvalue weighted by Crippen LogP contribution is 2.31. The lowest BCUT2D eigenvalue weighted by molar-refractivity contribution is -0.137. The molecule has 1 saturated heterocycles. The summed E-state index contributed by atoms with van der Waals surface area (Å²) in [4.78, 5) is 12.2. The van der Waals surface area contributed by atoms with Crippen molar-refractivity contribution in [3.8, 4) is 0 Å². The van der Waals surface area contributed by atoms with E-state index in [-0.39, 0.29) is 30.3 Å². The Morgan fingerprint density at radius 1 is 1.43 bits per heavy atom. The average molecular weight is 328 g/mol. The lowest BCUT2D eigenvalue weighted by Crippen LogP contribution is -2.52. The second-order valence-corrected chi connectivity index (χ2v) is 6.29. The molecule has 1 aliphatic rings. The summed E-state index contributed by atoms with van der Waals surface area (Å²) >= 11 is 0. The van der Waals surface area contributed by atoms with E-state index in [1.165, 1.54) is 6.07 Å². The third-order valence-corrected chi connectivity index (χ3v) is 4.38. The van der Waals surface area contributed by atoms with E-state index < -0.39 is 11.7 Å². The first-order chi connectivity index (χ1) is 10.8. The quantitative estimate of drug-likeness (QED) is 0.889. The number of benzene rings is 1. The predicted octanol–water partition coefficient (Wildman–Crippen LogP) is 3.46. The molecule has 3 nitrogen and oxygen atoms in total. The second-order valence-electron chi connectivity index (χ2n) is 6.29. The zero-order chi connectivity index (χ0) is 17.0. The fourth-order valence-electron chi connectivity index (χ4n) is 2.92. The largest absolute Gasteiger partial charge is 0.416 e. The van der Waals surface area contributed by atoms with Crippen LogP contribution in [0.1, 0.15) is 50.2 Å². The van der Waals surface area contributed by atoms with Gasteiger partial charge in [0.2, 0.25) is 5.91 Å². The number of amides is 1. The van der Waals surface area contributed by atoms with Gasteiger partial charge in [0, 0.05) is 18.5 Å². The van der Waals surface area contributed by atoms with Crippen molar-refractivity contribution in [3.63, 3.8) is 0 Å². The van der Waals surface area contributed by atoms with Crippen LogP contribution in [0.3, 0.4) is 0 Å². The first kappa shape index (κ1) is 17.8. The summed E-state index contributed by atoms with van der Waals surface area (Å²) in [6, 6.07) is 5.51. The minimum atomic E-state index is -4.36. The predicted molar refractivity (Wildman–Crippen MR) is 83.1 cm³/mol. The molecule has 1 fully saturated rings. The fourth-order valence-corrected chi connectivity index (χ4v) is 2.92. The van der Waals surface area contributed by atoms with Crippen LogP contribution in [0, 0.1) is 0 Å². The van der Waals surface area contributed by atoms with E-state index in [0.29, 0.717) is 5.56 Å². The van der Waals surface area contributed by atoms with E-state index in [9.17, 15) is 18.0 Å². The van der Waals surface area contributed by atoms with Crippen molar-refractivity contribution in [3.05, 3.63) is 35.4 Å². The molecule has 0 saturated carbocycles. The number of hydrogen-bond acceptors (Lipinski definition) is 2. The van der Waals surface area contributed by atoms with Crippen LogP contribution in [0.4, 0.5) is 13.2 Å². The molecule has 0 aromatic heterocycles. The van der Waals surface area contributed by atoms with Crippen molar-refractivity contribution in [2.45, 2.75) is 57.3 Å². The van der Waals surface area contributed by atoms with Crippen molar-refractivity contribution in [2.75, 3.05) is 6.54 Å². The Morgan fingerprint density at radius 3 is 2.83 bits per heavy atom. The van der Waals surface area contributed by atoms with Crippen molar-refractivity contribution in [2.24, 2.45) is 0 Å². The van der Waals surface area contributed by atoms with E-state index in [0.717, 1.165) is 31.5 Å². The maximum Gasteiger partial charge on any atom is 0.416 e. The standard InChI is InChI=1S/C17H23F3N2O/c1-11(13-5-3-6-14(10-13)17(18,19)20)9-16(23)22-15-7-4-8-21-12(15)2/h3,5-6,10-12,15,21H,4,7-9H2,1-2H3,(H,22,23). The number of halogens is 3. The summed E-state index contributed by atoms with van der Waals surface area (Å²) in [6.45, 7) is 4.76. The molecule has 2 N–H and O–H groups in total. The number of nitrogens with one attached hydrogen (secondary N) is 2. The molecule has 1 aromatic rings. The molecule has 0 radical (unpaired) electrons. The summed E-state index contributed by atoms with van der Waals surface area (Å²) in [7, 11) is 0. The number of hydrogen-bond donors (Lipinski definition) is 2. The van der Waals surface area contributed by atoms with Crippen molar-refractivity contribution < 1.29 is 18.0 Å². The van der Waals surface area contributed by atoms with Gasteiger partial charge in [-0.2, -0.15) is 13.2 Å². The number of carbonyl (C=O) groups is 1. The van der Waals surface area contributed by atoms with Gasteiger partial charge in [-0.3, -0.25) is 4.79 Å². The SMILES string of the molecule is CC(CC(=O)NC1CCCNC1C)c1cccc(C(F)(F)F)c1. The maximum absolute atomic E-state index is 12.8. The molecule has 1 aliphatic heterocycles. The molecule has 0 bridgehead atoms. The molecule has 0 aliphatic carbocycles. The zero-order valence-electron chi connectivity index (χ0n) is 13.4. The van der Waals surface area contributed by atoms with Gasteiger partial charge in [0.15, 0.2) is 0 Å². The molecule has 3 atom stereocenters. The van der Waals surface area contributed by atoms with Gasteiger partial charge in [-0.05, 0) is 43.9 Å². The van der Waals surface area contributed by atoms with E-state index in [4.69, 9.17) is 0 Å². The molecule has 6 heteroatoms. The monoisotopic (exact) mass is 328 g/mol. The van der Waals surface area contributed by atoms with E-state index in [1.54, 1.807) is 13.0 Å². The smallest absolute Gasteiger partial charge is 0.352 e. The third kappa shape index (κ3) is 4.96. The highest BCUT2D eigenvalue weighted by molar-refractivity contribution is 5.77. The molecule has 0 spiro atoms. The van der Waals surface area contributed by atoms with Crippen LogP contribution in [-0.2, 0) is 11.0 Å². The van der Waals surface area contributed by atoms with Gasteiger partial charge in [0.25, 0.3) is 0 Å². The van der Waals surface area contributed by atoms with E-state index in [2.05, 4.69) is 10.6 Å². The fraction of sp³-hybridized carbons (Fsp3) is 0.588. The molecule has 1 aromatic carbocycles. The Kier molecular flexibility index (Phi) is 5.68. The molecule has 128 valence electrons. The Morgan fingerprint density at radius 2 is 2.17 bits per heavy atom. The maximum atomic E-state index is 12.8. The van der Waals surface area contributed by atoms with Gasteiger partial charge in [-0.1, -0.05) is 25.1 Å². The minimum absolute atomic E-state index is 0.0879. The van der Waals surface area contributed by atoms with Gasteiger partial charge < -0.3 is 10.6 Å². The molecular formula is C17H23F3N2O. The molecular weight excluding hydrogens is 305 g/mol. The van der Waals surface area contributed by atoms with Gasteiger partial charge in [-0.25, -0.2) is 0 Å². The summed E-state index contributed by atoms with van der Waals surface area (Å²) < 4.78 is 38.3. The minimum Gasteiger partial charge on any atom is -0.352 e. The Hall–Kier alpha value is -1.56. The first-order valence-electron chi connectivity index (χ1n) is 7.97. The van der Waals surface area contributed by atoms with Crippen molar-refractivity contribution >= 4 is 5.91 Å². The van der Waals surface area contributed by atoms with E-state index in [1.807, 2.05) is 6.92 Å². The summed E-state index contributed by atoms with van der Waals surface area (Å²) in [5.41, 5.74) is -0.142. The Bertz CT molecular complexity index is 545. The highest BCUT2D eigenvalue weighted by atomic mass is 19.4. The van der Waals surface area contributed by atoms with Crippen molar-refractivity contribution in [1.82, 2.24) is 10.6 Å². The van der Waals surface area contributed by atoms with Gasteiger partial charge in [0.05, 0.1) is 5.56 Å². The number of piperidine rings is 1. The van der Waals surface area contributed by atoms with Crippen molar-refractivity contribution in [1.29, 1.82) is 0 Å². The summed E-state index contributed by atoms with van der Waals surface area (Å²) in [5.74, 6) is -0.375. The lowest BCUT2D eigenvalue weighted by Gasteiger charge is -2.31. The zero-order valence-corrected chi connectivity index (χ0v) is 13.4. The summed E-state index contributed by atoms with van der Waals surface area (Å²) in [5, 5.41) is 6.30. The molecule has 2 rings (SSSR count). The molecule has 1 heterocycles.